The first kappa shape index (κ1) is 14.4. The second-order valence-corrected chi connectivity index (χ2v) is 7.15. The molecule has 110 valence electrons. The number of allylic oxidation sites excluding steroid dienone is 2. The normalized spacial score (nSPS) is 24.8. The van der Waals surface area contributed by atoms with E-state index in [9.17, 15) is 8.42 Å². The van der Waals surface area contributed by atoms with Crippen LogP contribution in [0.1, 0.15) is 12.8 Å². The number of aliphatic imine (C=N–C) groups is 1. The van der Waals surface area contributed by atoms with Crippen LogP contribution in [0.3, 0.4) is 0 Å². The van der Waals surface area contributed by atoms with Crippen molar-refractivity contribution in [2.24, 2.45) is 10.9 Å². The Morgan fingerprint density at radius 1 is 1.24 bits per heavy atom. The Bertz CT molecular complexity index is 723. The first-order valence-corrected chi connectivity index (χ1v) is 8.61. The highest BCUT2D eigenvalue weighted by atomic mass is 35.5. The van der Waals surface area contributed by atoms with E-state index in [0.717, 1.165) is 12.8 Å². The highest BCUT2D eigenvalue weighted by Gasteiger charge is 2.31. The summed E-state index contributed by atoms with van der Waals surface area (Å²) < 4.78 is 27.5. The van der Waals surface area contributed by atoms with Crippen LogP contribution in [0, 0.1) is 5.92 Å². The van der Waals surface area contributed by atoms with Crippen molar-refractivity contribution in [1.29, 1.82) is 0 Å². The van der Waals surface area contributed by atoms with Gasteiger partial charge in [-0.25, -0.2) is 8.42 Å². The molecule has 0 saturated heterocycles. The summed E-state index contributed by atoms with van der Waals surface area (Å²) in [5, 5.41) is 0.398. The molecule has 3 rings (SSSR count). The summed E-state index contributed by atoms with van der Waals surface area (Å²) in [4.78, 5) is 4.63. The van der Waals surface area contributed by atoms with Crippen molar-refractivity contribution < 1.29 is 8.42 Å². The summed E-state index contributed by atoms with van der Waals surface area (Å²) in [7, 11) is -3.64. The Morgan fingerprint density at radius 3 is 2.76 bits per heavy atom. The molecular weight excluding hydrogens is 308 g/mol. The molecule has 0 saturated carbocycles. The van der Waals surface area contributed by atoms with Gasteiger partial charge in [0.25, 0.3) is 10.0 Å². The van der Waals surface area contributed by atoms with Gasteiger partial charge in [0.1, 0.15) is 0 Å². The summed E-state index contributed by atoms with van der Waals surface area (Å²) in [6, 6.07) is 8.01. The van der Waals surface area contributed by atoms with Gasteiger partial charge < -0.3 is 0 Å². The van der Waals surface area contributed by atoms with E-state index in [1.54, 1.807) is 36.4 Å². The summed E-state index contributed by atoms with van der Waals surface area (Å²) in [5.41, 5.74) is 0.462. The fourth-order valence-corrected chi connectivity index (χ4v) is 4.01. The number of rotatable bonds is 3. The molecule has 1 heterocycles. The Morgan fingerprint density at radius 2 is 2.00 bits per heavy atom. The number of nitrogens with one attached hydrogen (secondary N) is 1. The number of benzene rings is 1. The Kier molecular flexibility index (Phi) is 3.87. The van der Waals surface area contributed by atoms with Crippen LogP contribution in [-0.4, -0.2) is 20.7 Å². The quantitative estimate of drug-likeness (QED) is 0.930. The van der Waals surface area contributed by atoms with Crippen LogP contribution in [0.5, 0.6) is 0 Å². The van der Waals surface area contributed by atoms with Gasteiger partial charge in [0.15, 0.2) is 0 Å². The molecule has 2 atom stereocenters. The fourth-order valence-electron chi connectivity index (χ4n) is 2.57. The maximum atomic E-state index is 12.4. The predicted molar refractivity (Wildman–Crippen MR) is 83.8 cm³/mol. The monoisotopic (exact) mass is 322 g/mol. The molecule has 1 aromatic rings. The molecule has 0 amide bonds. The van der Waals surface area contributed by atoms with Crippen LogP contribution in [0.15, 0.2) is 63.1 Å². The molecule has 0 radical (unpaired) electrons. The van der Waals surface area contributed by atoms with Gasteiger partial charge in [-0.2, -0.15) is 0 Å². The molecule has 1 N–H and O–H groups in total. The van der Waals surface area contributed by atoms with Crippen molar-refractivity contribution >= 4 is 27.8 Å². The van der Waals surface area contributed by atoms with Gasteiger partial charge in [-0.15, -0.1) is 0 Å². The predicted octanol–water partition coefficient (Wildman–Crippen LogP) is 2.83. The van der Waals surface area contributed by atoms with Crippen LogP contribution in [0.4, 0.5) is 0 Å². The minimum absolute atomic E-state index is 0.200. The summed E-state index contributed by atoms with van der Waals surface area (Å²) in [5.74, 6) is 0.200. The molecule has 6 heteroatoms. The Labute approximate surface area is 129 Å². The Balaban J connectivity index is 1.94. The maximum Gasteiger partial charge on any atom is 0.261 e. The van der Waals surface area contributed by atoms with Crippen molar-refractivity contribution in [3.05, 3.63) is 53.2 Å². The highest BCUT2D eigenvalue weighted by molar-refractivity contribution is 7.89. The number of hydrogen-bond donors (Lipinski definition) is 1. The number of halogens is 1. The van der Waals surface area contributed by atoms with Crippen molar-refractivity contribution in [3.63, 3.8) is 0 Å². The lowest BCUT2D eigenvalue weighted by atomic mass is 9.87. The zero-order valence-electron chi connectivity index (χ0n) is 11.2. The largest absolute Gasteiger partial charge is 0.287 e. The molecule has 2 unspecified atom stereocenters. The molecule has 1 aromatic carbocycles. The van der Waals surface area contributed by atoms with E-state index >= 15 is 0 Å². The van der Waals surface area contributed by atoms with E-state index in [1.807, 2.05) is 12.3 Å². The van der Waals surface area contributed by atoms with Crippen LogP contribution >= 0.6 is 11.6 Å². The SMILES string of the molecule is O=S(=O)(NC1=C(Cl)C=CC2CCC=NC12)c1ccccc1. The van der Waals surface area contributed by atoms with Crippen LogP contribution < -0.4 is 4.72 Å². The van der Waals surface area contributed by atoms with Gasteiger partial charge in [-0.05, 0) is 37.3 Å². The fraction of sp³-hybridized carbons (Fsp3) is 0.267. The van der Waals surface area contributed by atoms with Gasteiger partial charge in [0.2, 0.25) is 0 Å². The zero-order valence-corrected chi connectivity index (χ0v) is 12.8. The molecule has 0 fully saturated rings. The third-order valence-electron chi connectivity index (χ3n) is 3.64. The van der Waals surface area contributed by atoms with E-state index in [2.05, 4.69) is 9.71 Å². The molecule has 0 spiro atoms. The number of hydrogen-bond acceptors (Lipinski definition) is 3. The third-order valence-corrected chi connectivity index (χ3v) is 5.35. The van der Waals surface area contributed by atoms with E-state index < -0.39 is 10.0 Å². The van der Waals surface area contributed by atoms with Gasteiger partial charge in [0, 0.05) is 5.92 Å². The second kappa shape index (κ2) is 5.66. The second-order valence-electron chi connectivity index (χ2n) is 5.06. The van der Waals surface area contributed by atoms with E-state index in [0.29, 0.717) is 10.7 Å². The number of sulfonamides is 1. The van der Waals surface area contributed by atoms with Crippen molar-refractivity contribution in [2.45, 2.75) is 23.8 Å². The minimum atomic E-state index is -3.64. The third kappa shape index (κ3) is 2.89. The van der Waals surface area contributed by atoms with E-state index in [-0.39, 0.29) is 16.9 Å². The van der Waals surface area contributed by atoms with Crippen LogP contribution in [0.25, 0.3) is 0 Å². The summed E-state index contributed by atoms with van der Waals surface area (Å²) in [6.45, 7) is 0. The molecule has 1 aliphatic heterocycles. The van der Waals surface area contributed by atoms with Crippen LogP contribution in [-0.2, 0) is 10.0 Å². The van der Waals surface area contributed by atoms with Gasteiger partial charge in [0.05, 0.1) is 21.7 Å². The minimum Gasteiger partial charge on any atom is -0.287 e. The Hall–Kier alpha value is -1.59. The van der Waals surface area contributed by atoms with Crippen molar-refractivity contribution in [1.82, 2.24) is 4.72 Å². The summed E-state index contributed by atoms with van der Waals surface area (Å²) >= 11 is 6.19. The average molecular weight is 323 g/mol. The van der Waals surface area contributed by atoms with E-state index in [1.165, 1.54) is 0 Å². The van der Waals surface area contributed by atoms with Gasteiger partial charge >= 0.3 is 0 Å². The highest BCUT2D eigenvalue weighted by Crippen LogP contribution is 2.32. The first-order chi connectivity index (χ1) is 10.1. The summed E-state index contributed by atoms with van der Waals surface area (Å²) in [6.07, 6.45) is 7.45. The average Bonchev–Trinajstić information content (AvgIpc) is 2.51. The number of nitrogens with zero attached hydrogens (tertiary/aromatic N) is 1. The molecule has 1 aliphatic carbocycles. The standard InChI is InChI=1S/C15H15ClN2O2S/c16-13-9-8-11-5-4-10-17-14(11)15(13)18-21(19,20)12-6-2-1-3-7-12/h1-3,6-11,14,18H,4-5H2. The molecule has 0 aromatic heterocycles. The molecule has 0 bridgehead atoms. The lowest BCUT2D eigenvalue weighted by Crippen LogP contribution is -2.36. The van der Waals surface area contributed by atoms with E-state index in [4.69, 9.17) is 11.6 Å². The van der Waals surface area contributed by atoms with Gasteiger partial charge in [-0.3, -0.25) is 9.71 Å². The molecule has 2 aliphatic rings. The zero-order chi connectivity index (χ0) is 14.9. The van der Waals surface area contributed by atoms with Crippen molar-refractivity contribution in [2.75, 3.05) is 0 Å². The lowest BCUT2D eigenvalue weighted by molar-refractivity contribution is 0.490. The lowest BCUT2D eigenvalue weighted by Gasteiger charge is -2.30. The van der Waals surface area contributed by atoms with Crippen molar-refractivity contribution in [3.8, 4) is 0 Å². The van der Waals surface area contributed by atoms with Gasteiger partial charge in [-0.1, -0.05) is 35.9 Å². The number of fused-ring (bicyclic) bond motifs is 1. The molecule has 4 nitrogen and oxygen atoms in total. The smallest absolute Gasteiger partial charge is 0.261 e. The molecular formula is C15H15ClN2O2S. The maximum absolute atomic E-state index is 12.4. The van der Waals surface area contributed by atoms with Crippen LogP contribution in [0.2, 0.25) is 0 Å². The molecule has 21 heavy (non-hydrogen) atoms. The first-order valence-electron chi connectivity index (χ1n) is 6.75. The topological polar surface area (TPSA) is 58.5 Å².